The minimum atomic E-state index is -5.29. The molecule has 0 radical (unpaired) electrons. The van der Waals surface area contributed by atoms with E-state index in [1.54, 1.807) is 0 Å². The van der Waals surface area contributed by atoms with Crippen LogP contribution in [0.15, 0.2) is 18.2 Å². The van der Waals surface area contributed by atoms with Crippen LogP contribution in [0, 0.1) is 5.82 Å². The van der Waals surface area contributed by atoms with Gasteiger partial charge in [-0.2, -0.15) is 0 Å². The Hall–Kier alpha value is 0.401. The second kappa shape index (κ2) is 6.97. The van der Waals surface area contributed by atoms with Crippen LogP contribution in [0.4, 0.5) is 17.3 Å². The van der Waals surface area contributed by atoms with Crippen LogP contribution in [0.2, 0.25) is 0 Å². The molecule has 8 heteroatoms. The number of hydrogen-bond donors (Lipinski definition) is 0. The minimum absolute atomic E-state index is 0. The van der Waals surface area contributed by atoms with E-state index in [1.165, 1.54) is 7.11 Å². The van der Waals surface area contributed by atoms with Crippen LogP contribution in [-0.4, -0.2) is 20.9 Å². The fourth-order valence-corrected chi connectivity index (χ4v) is 1.03. The molecule has 0 heterocycles. The third-order valence-electron chi connectivity index (χ3n) is 1.66. The van der Waals surface area contributed by atoms with Crippen LogP contribution in [0.5, 0.6) is 5.75 Å². The third kappa shape index (κ3) is 4.72. The van der Waals surface area contributed by atoms with Crippen molar-refractivity contribution >= 4 is 12.4 Å². The third-order valence-corrected chi connectivity index (χ3v) is 1.66. The molecule has 0 amide bonds. The summed E-state index contributed by atoms with van der Waals surface area (Å²) in [6, 6.07) is 2.24. The van der Waals surface area contributed by atoms with Crippen molar-refractivity contribution in [2.75, 3.05) is 13.9 Å². The molecule has 0 saturated carbocycles. The standard InChI is InChI=1S/C8H8BF4O2.K/c1-14-5-15-8-3-2-6(10)4-7(8)9(11,12)13;/h2-4H,5H2,1H3;/q-1;+1. The van der Waals surface area contributed by atoms with Crippen molar-refractivity contribution in [3.05, 3.63) is 24.0 Å². The van der Waals surface area contributed by atoms with Gasteiger partial charge in [-0.1, -0.05) is 5.46 Å². The van der Waals surface area contributed by atoms with E-state index < -0.39 is 24.0 Å². The molecule has 0 unspecified atom stereocenters. The summed E-state index contributed by atoms with van der Waals surface area (Å²) in [7, 11) is 1.28. The molecule has 0 spiro atoms. The van der Waals surface area contributed by atoms with Crippen LogP contribution < -0.4 is 61.6 Å². The summed E-state index contributed by atoms with van der Waals surface area (Å²) in [6.45, 7) is -5.61. The SMILES string of the molecule is COCOc1ccc(F)cc1[B-](F)(F)F.[K+]. The smallest absolute Gasteiger partial charge is 0.471 e. The second-order valence-corrected chi connectivity index (χ2v) is 2.81. The summed E-state index contributed by atoms with van der Waals surface area (Å²) < 4.78 is 59.1. The molecule has 0 aliphatic carbocycles. The van der Waals surface area contributed by atoms with Crippen LogP contribution in [-0.2, 0) is 4.74 Å². The van der Waals surface area contributed by atoms with Gasteiger partial charge in [-0.15, -0.1) is 0 Å². The van der Waals surface area contributed by atoms with Gasteiger partial charge in [0, 0.05) is 7.11 Å². The van der Waals surface area contributed by atoms with Crippen molar-refractivity contribution in [3.8, 4) is 5.75 Å². The Morgan fingerprint density at radius 2 is 1.88 bits per heavy atom. The molecular weight excluding hydrogens is 254 g/mol. The molecule has 0 aliphatic rings. The van der Waals surface area contributed by atoms with Crippen molar-refractivity contribution in [3.63, 3.8) is 0 Å². The molecule has 1 aromatic carbocycles. The zero-order valence-electron chi connectivity index (χ0n) is 8.84. The summed E-state index contributed by atoms with van der Waals surface area (Å²) >= 11 is 0. The van der Waals surface area contributed by atoms with Crippen molar-refractivity contribution in [1.29, 1.82) is 0 Å². The molecule has 0 saturated heterocycles. The Morgan fingerprint density at radius 3 is 2.38 bits per heavy atom. The molecule has 2 nitrogen and oxygen atoms in total. The molecule has 0 atom stereocenters. The summed E-state index contributed by atoms with van der Waals surface area (Å²) in [4.78, 5) is 0. The average molecular weight is 262 g/mol. The van der Waals surface area contributed by atoms with Crippen molar-refractivity contribution in [2.24, 2.45) is 0 Å². The summed E-state index contributed by atoms with van der Waals surface area (Å²) in [5, 5.41) is 0. The maximum atomic E-state index is 12.6. The largest absolute Gasteiger partial charge is 1.00 e. The van der Waals surface area contributed by atoms with Gasteiger partial charge in [0.1, 0.15) is 5.82 Å². The van der Waals surface area contributed by atoms with E-state index in [-0.39, 0.29) is 58.2 Å². The van der Waals surface area contributed by atoms with Gasteiger partial charge in [-0.05, 0) is 18.2 Å². The van der Waals surface area contributed by atoms with E-state index in [1.807, 2.05) is 0 Å². The second-order valence-electron chi connectivity index (χ2n) is 2.81. The predicted octanol–water partition coefficient (Wildman–Crippen LogP) is -1.13. The van der Waals surface area contributed by atoms with Crippen LogP contribution in [0.3, 0.4) is 0 Å². The first-order chi connectivity index (χ1) is 6.95. The Kier molecular flexibility index (Phi) is 7.15. The maximum Gasteiger partial charge on any atom is 1.00 e. The Morgan fingerprint density at radius 1 is 1.25 bits per heavy atom. The predicted molar refractivity (Wildman–Crippen MR) is 47.6 cm³/mol. The first-order valence-electron chi connectivity index (χ1n) is 4.06. The summed E-state index contributed by atoms with van der Waals surface area (Å²) in [5.41, 5.74) is -1.09. The van der Waals surface area contributed by atoms with Crippen LogP contribution in [0.25, 0.3) is 0 Å². The van der Waals surface area contributed by atoms with E-state index >= 15 is 0 Å². The number of methoxy groups -OCH3 is 1. The van der Waals surface area contributed by atoms with Crippen LogP contribution in [0.1, 0.15) is 0 Å². The van der Waals surface area contributed by atoms with Gasteiger partial charge >= 0.3 is 58.4 Å². The number of benzene rings is 1. The minimum Gasteiger partial charge on any atom is -0.471 e. The molecule has 1 aromatic rings. The van der Waals surface area contributed by atoms with Gasteiger partial charge in [0.25, 0.3) is 0 Å². The first kappa shape index (κ1) is 16.4. The van der Waals surface area contributed by atoms with E-state index in [4.69, 9.17) is 0 Å². The van der Waals surface area contributed by atoms with E-state index in [2.05, 4.69) is 9.47 Å². The molecule has 0 bridgehead atoms. The monoisotopic (exact) mass is 262 g/mol. The number of halogens is 4. The fraction of sp³-hybridized carbons (Fsp3) is 0.250. The molecule has 0 N–H and O–H groups in total. The Labute approximate surface area is 133 Å². The molecule has 0 aliphatic heterocycles. The van der Waals surface area contributed by atoms with E-state index in [9.17, 15) is 17.3 Å². The van der Waals surface area contributed by atoms with Crippen molar-refractivity contribution < 1.29 is 78.2 Å². The molecule has 16 heavy (non-hydrogen) atoms. The zero-order valence-corrected chi connectivity index (χ0v) is 12.0. The molecule has 84 valence electrons. The van der Waals surface area contributed by atoms with Gasteiger partial charge in [0.15, 0.2) is 6.79 Å². The molecule has 0 aromatic heterocycles. The molecular formula is C8H8BF4KO2. The number of ether oxygens (including phenoxy) is 2. The summed E-state index contributed by atoms with van der Waals surface area (Å²) in [6.07, 6.45) is 0. The molecule has 1 rings (SSSR count). The summed E-state index contributed by atoms with van der Waals surface area (Å²) in [5.74, 6) is -1.38. The Bertz CT molecular complexity index is 345. The normalized spacial score (nSPS) is 10.8. The number of rotatable bonds is 4. The topological polar surface area (TPSA) is 18.5 Å². The van der Waals surface area contributed by atoms with Gasteiger partial charge in [-0.25, -0.2) is 4.39 Å². The van der Waals surface area contributed by atoms with E-state index in [0.29, 0.717) is 6.07 Å². The fourth-order valence-electron chi connectivity index (χ4n) is 1.03. The maximum absolute atomic E-state index is 12.6. The number of hydrogen-bond acceptors (Lipinski definition) is 2. The average Bonchev–Trinajstić information content (AvgIpc) is 2.14. The molecule has 0 fully saturated rings. The van der Waals surface area contributed by atoms with Gasteiger partial charge in [0.05, 0.1) is 5.75 Å². The van der Waals surface area contributed by atoms with Crippen molar-refractivity contribution in [1.82, 2.24) is 0 Å². The van der Waals surface area contributed by atoms with Crippen molar-refractivity contribution in [2.45, 2.75) is 0 Å². The van der Waals surface area contributed by atoms with E-state index in [0.717, 1.165) is 12.1 Å². The van der Waals surface area contributed by atoms with Gasteiger partial charge in [0.2, 0.25) is 0 Å². The quantitative estimate of drug-likeness (QED) is 0.388. The van der Waals surface area contributed by atoms with Gasteiger partial charge in [-0.3, -0.25) is 0 Å². The zero-order chi connectivity index (χ0) is 11.5. The Balaban J connectivity index is 0.00000225. The van der Waals surface area contributed by atoms with Crippen LogP contribution >= 0.6 is 0 Å². The van der Waals surface area contributed by atoms with Gasteiger partial charge < -0.3 is 22.4 Å². The first-order valence-corrected chi connectivity index (χ1v) is 4.06.